The molecule has 1 aliphatic rings. The molecule has 1 amide bonds. The predicted octanol–water partition coefficient (Wildman–Crippen LogP) is 2.32. The number of amides is 1. The third kappa shape index (κ3) is 2.19. The van der Waals surface area contributed by atoms with Gasteiger partial charge in [0.15, 0.2) is 0 Å². The Morgan fingerprint density at radius 1 is 0.857 bits per heavy atom. The van der Waals surface area contributed by atoms with Crippen molar-refractivity contribution in [3.8, 4) is 11.3 Å². The van der Waals surface area contributed by atoms with Crippen LogP contribution in [-0.4, -0.2) is 27.9 Å². The van der Waals surface area contributed by atoms with Crippen LogP contribution in [-0.2, 0) is 4.79 Å². The van der Waals surface area contributed by atoms with Crippen LogP contribution >= 0.6 is 0 Å². The highest BCUT2D eigenvalue weighted by atomic mass is 16.2. The summed E-state index contributed by atoms with van der Waals surface area (Å²) in [7, 11) is 1.73. The topological polar surface area (TPSA) is 102 Å². The molecule has 0 bridgehead atoms. The molecule has 4 aromatic rings. The van der Waals surface area contributed by atoms with Gasteiger partial charge in [0.05, 0.1) is 17.0 Å². The van der Waals surface area contributed by atoms with Gasteiger partial charge in [-0.15, -0.1) is 0 Å². The summed E-state index contributed by atoms with van der Waals surface area (Å²) in [6.45, 7) is 0. The van der Waals surface area contributed by atoms with Crippen molar-refractivity contribution in [2.24, 2.45) is 0 Å². The van der Waals surface area contributed by atoms with Crippen LogP contribution in [0.5, 0.6) is 0 Å². The zero-order chi connectivity index (χ0) is 19.4. The second-order valence-electron chi connectivity index (χ2n) is 6.83. The van der Waals surface area contributed by atoms with Crippen LogP contribution in [0.1, 0.15) is 17.0 Å². The summed E-state index contributed by atoms with van der Waals surface area (Å²) >= 11 is 0. The van der Waals surface area contributed by atoms with Gasteiger partial charge >= 0.3 is 5.69 Å². The standard InChI is InChI=1S/C21H16N4O3/c1-25-13-10-6-5-9-12(13)14(20(25)27)15-16-18(23-21(28)24-19(16)26)22-17(15)11-7-3-2-4-8-11/h2-10,14H,1H3,(H3,22,23,24,26,28). The zero-order valence-electron chi connectivity index (χ0n) is 14.9. The molecule has 138 valence electrons. The van der Waals surface area contributed by atoms with Gasteiger partial charge in [0, 0.05) is 18.3 Å². The van der Waals surface area contributed by atoms with E-state index in [1.807, 2.05) is 54.6 Å². The fourth-order valence-electron chi connectivity index (χ4n) is 4.04. The highest BCUT2D eigenvalue weighted by Gasteiger charge is 2.39. The van der Waals surface area contributed by atoms with Crippen LogP contribution < -0.4 is 16.1 Å². The van der Waals surface area contributed by atoms with E-state index < -0.39 is 17.2 Å². The Hall–Kier alpha value is -3.87. The van der Waals surface area contributed by atoms with Gasteiger partial charge in [0.1, 0.15) is 5.65 Å². The molecule has 1 atom stereocenters. The summed E-state index contributed by atoms with van der Waals surface area (Å²) in [6.07, 6.45) is 0. The second-order valence-corrected chi connectivity index (χ2v) is 6.83. The molecular formula is C21H16N4O3. The third-order valence-electron chi connectivity index (χ3n) is 5.27. The Bertz CT molecular complexity index is 1350. The average molecular weight is 372 g/mol. The number of hydrogen-bond acceptors (Lipinski definition) is 3. The Balaban J connectivity index is 1.91. The van der Waals surface area contributed by atoms with Crippen LogP contribution in [0.25, 0.3) is 22.3 Å². The Kier molecular flexibility index (Phi) is 3.39. The minimum atomic E-state index is -0.642. The second kappa shape index (κ2) is 5.82. The van der Waals surface area contributed by atoms with Gasteiger partial charge in [-0.3, -0.25) is 19.6 Å². The summed E-state index contributed by atoms with van der Waals surface area (Å²) in [5, 5.41) is 0.293. The summed E-state index contributed by atoms with van der Waals surface area (Å²) in [6, 6.07) is 17.0. The van der Waals surface area contributed by atoms with Crippen LogP contribution in [0, 0.1) is 0 Å². The fraction of sp³-hybridized carbons (Fsp3) is 0.0952. The lowest BCUT2D eigenvalue weighted by Crippen LogP contribution is -2.26. The lowest BCUT2D eigenvalue weighted by molar-refractivity contribution is -0.118. The molecule has 0 fully saturated rings. The number of hydrogen-bond donors (Lipinski definition) is 3. The molecule has 3 N–H and O–H groups in total. The van der Waals surface area contributed by atoms with E-state index in [0.717, 1.165) is 16.8 Å². The number of anilines is 1. The molecule has 0 radical (unpaired) electrons. The first-order chi connectivity index (χ1) is 13.6. The number of aromatic nitrogens is 3. The Morgan fingerprint density at radius 2 is 1.57 bits per heavy atom. The number of H-pyrrole nitrogens is 3. The molecule has 28 heavy (non-hydrogen) atoms. The summed E-state index contributed by atoms with van der Waals surface area (Å²) in [5.74, 6) is -0.762. The lowest BCUT2D eigenvalue weighted by Gasteiger charge is -2.13. The maximum atomic E-state index is 13.2. The van der Waals surface area contributed by atoms with Crippen LogP contribution in [0.4, 0.5) is 5.69 Å². The van der Waals surface area contributed by atoms with Gasteiger partial charge < -0.3 is 9.88 Å². The number of carbonyl (C=O) groups is 1. The SMILES string of the molecule is CN1C(=O)C(c2c(-c3ccccc3)[nH]c3[nH]c(=O)[nH]c(=O)c23)c2ccccc21. The number of benzene rings is 2. The quantitative estimate of drug-likeness (QED) is 0.503. The molecule has 2 aromatic carbocycles. The molecule has 0 spiro atoms. The van der Waals surface area contributed by atoms with Crippen molar-refractivity contribution < 1.29 is 4.79 Å². The molecule has 3 heterocycles. The van der Waals surface area contributed by atoms with E-state index in [2.05, 4.69) is 15.0 Å². The van der Waals surface area contributed by atoms with Gasteiger partial charge in [-0.2, -0.15) is 0 Å². The molecule has 0 aliphatic carbocycles. The Morgan fingerprint density at radius 3 is 2.36 bits per heavy atom. The van der Waals surface area contributed by atoms with Crippen molar-refractivity contribution in [2.75, 3.05) is 11.9 Å². The van der Waals surface area contributed by atoms with Crippen LogP contribution in [0.2, 0.25) is 0 Å². The first-order valence-corrected chi connectivity index (χ1v) is 8.86. The highest BCUT2D eigenvalue weighted by Crippen LogP contribution is 2.45. The maximum absolute atomic E-state index is 13.2. The zero-order valence-corrected chi connectivity index (χ0v) is 14.9. The first-order valence-electron chi connectivity index (χ1n) is 8.86. The number of likely N-dealkylation sites (N-methyl/N-ethyl adjacent to an activating group) is 1. The monoisotopic (exact) mass is 372 g/mol. The molecule has 7 nitrogen and oxygen atoms in total. The van der Waals surface area contributed by atoms with Crippen molar-refractivity contribution in [1.29, 1.82) is 0 Å². The van der Waals surface area contributed by atoms with Gasteiger partial charge in [-0.1, -0.05) is 48.5 Å². The van der Waals surface area contributed by atoms with Crippen molar-refractivity contribution in [2.45, 2.75) is 5.92 Å². The molecule has 1 aliphatic heterocycles. The fourth-order valence-corrected chi connectivity index (χ4v) is 4.04. The van der Waals surface area contributed by atoms with E-state index in [9.17, 15) is 14.4 Å². The van der Waals surface area contributed by atoms with Gasteiger partial charge in [0.25, 0.3) is 5.56 Å². The number of rotatable bonds is 2. The van der Waals surface area contributed by atoms with E-state index in [0.29, 0.717) is 22.3 Å². The minimum absolute atomic E-state index is 0.120. The Labute approximate surface area is 158 Å². The molecule has 2 aromatic heterocycles. The number of nitrogens with zero attached hydrogens (tertiary/aromatic N) is 1. The highest BCUT2D eigenvalue weighted by molar-refractivity contribution is 6.10. The van der Waals surface area contributed by atoms with E-state index in [1.165, 1.54) is 0 Å². The molecule has 5 rings (SSSR count). The molecular weight excluding hydrogens is 356 g/mol. The van der Waals surface area contributed by atoms with Crippen molar-refractivity contribution in [3.05, 3.63) is 86.6 Å². The van der Waals surface area contributed by atoms with Crippen molar-refractivity contribution in [3.63, 3.8) is 0 Å². The van der Waals surface area contributed by atoms with Gasteiger partial charge in [-0.25, -0.2) is 4.79 Å². The largest absolute Gasteiger partial charge is 0.340 e. The molecule has 0 saturated heterocycles. The summed E-state index contributed by atoms with van der Waals surface area (Å²) in [4.78, 5) is 47.4. The molecule has 1 unspecified atom stereocenters. The number of aromatic amines is 3. The average Bonchev–Trinajstić information content (AvgIpc) is 3.18. The van der Waals surface area contributed by atoms with Gasteiger partial charge in [-0.05, 0) is 17.2 Å². The van der Waals surface area contributed by atoms with E-state index in [4.69, 9.17) is 0 Å². The van der Waals surface area contributed by atoms with Crippen molar-refractivity contribution in [1.82, 2.24) is 15.0 Å². The van der Waals surface area contributed by atoms with Crippen molar-refractivity contribution >= 4 is 22.6 Å². The van der Waals surface area contributed by atoms with E-state index in [1.54, 1.807) is 11.9 Å². The predicted molar refractivity (Wildman–Crippen MR) is 107 cm³/mol. The van der Waals surface area contributed by atoms with Gasteiger partial charge in [0.2, 0.25) is 5.91 Å². The number of fused-ring (bicyclic) bond motifs is 2. The normalized spacial score (nSPS) is 16.0. The number of carbonyl (C=O) groups excluding carboxylic acids is 1. The summed E-state index contributed by atoms with van der Waals surface area (Å²) < 4.78 is 0. The first kappa shape index (κ1) is 16.3. The summed E-state index contributed by atoms with van der Waals surface area (Å²) in [5.41, 5.74) is 2.88. The minimum Gasteiger partial charge on any atom is -0.340 e. The number of para-hydroxylation sites is 1. The lowest BCUT2D eigenvalue weighted by atomic mass is 9.89. The molecule has 0 saturated carbocycles. The van der Waals surface area contributed by atoms with E-state index >= 15 is 0 Å². The third-order valence-corrected chi connectivity index (χ3v) is 5.27. The number of nitrogens with one attached hydrogen (secondary N) is 3. The molecule has 7 heteroatoms. The van der Waals surface area contributed by atoms with Crippen LogP contribution in [0.15, 0.2) is 64.2 Å². The smallest absolute Gasteiger partial charge is 0.327 e. The van der Waals surface area contributed by atoms with Crippen LogP contribution in [0.3, 0.4) is 0 Å². The maximum Gasteiger partial charge on any atom is 0.327 e. The van der Waals surface area contributed by atoms with E-state index in [-0.39, 0.29) is 5.91 Å².